The quantitative estimate of drug-likeness (QED) is 0.854. The van der Waals surface area contributed by atoms with Crippen LogP contribution in [0.3, 0.4) is 0 Å². The van der Waals surface area contributed by atoms with Crippen LogP contribution in [-0.2, 0) is 4.79 Å². The maximum absolute atomic E-state index is 12.7. The van der Waals surface area contributed by atoms with Gasteiger partial charge in [-0.1, -0.05) is 6.92 Å². The van der Waals surface area contributed by atoms with Crippen molar-refractivity contribution >= 4 is 17.7 Å². The van der Waals surface area contributed by atoms with Gasteiger partial charge in [0.25, 0.3) is 0 Å². The van der Waals surface area contributed by atoms with Gasteiger partial charge in [-0.15, -0.1) is 11.8 Å². The number of carbonyl (C=O) groups excluding carboxylic acids is 1. The normalized spacial score (nSPS) is 23.1. The highest BCUT2D eigenvalue weighted by molar-refractivity contribution is 8.00. The topological polar surface area (TPSA) is 29.1 Å². The smallest absolute Gasteiger partial charge is 0.230 e. The van der Waals surface area contributed by atoms with Gasteiger partial charge in [0, 0.05) is 10.9 Å². The van der Waals surface area contributed by atoms with Gasteiger partial charge in [0.05, 0.1) is 5.75 Å². The van der Waals surface area contributed by atoms with Gasteiger partial charge in [0.2, 0.25) is 5.91 Å². The van der Waals surface area contributed by atoms with Crippen molar-refractivity contribution in [2.75, 3.05) is 5.75 Å². The second-order valence-electron chi connectivity index (χ2n) is 5.27. The summed E-state index contributed by atoms with van der Waals surface area (Å²) in [6, 6.07) is 6.59. The number of benzene rings is 1. The molecule has 1 amide bonds. The second-order valence-corrected chi connectivity index (χ2v) is 6.32. The molecule has 1 fully saturated rings. The molecule has 19 heavy (non-hydrogen) atoms. The van der Waals surface area contributed by atoms with E-state index in [1.807, 2.05) is 0 Å². The van der Waals surface area contributed by atoms with Crippen LogP contribution in [0.2, 0.25) is 0 Å². The molecule has 2 rings (SSSR count). The van der Waals surface area contributed by atoms with E-state index in [0.29, 0.717) is 11.8 Å². The zero-order valence-electron chi connectivity index (χ0n) is 11.2. The Labute approximate surface area is 118 Å². The Morgan fingerprint density at radius 2 is 1.89 bits per heavy atom. The van der Waals surface area contributed by atoms with E-state index in [1.165, 1.54) is 36.7 Å². The number of hydrogen-bond acceptors (Lipinski definition) is 2. The van der Waals surface area contributed by atoms with Gasteiger partial charge in [-0.3, -0.25) is 4.79 Å². The minimum atomic E-state index is -0.245. The summed E-state index contributed by atoms with van der Waals surface area (Å²) in [6.45, 7) is 2.27. The minimum Gasteiger partial charge on any atom is -0.353 e. The van der Waals surface area contributed by atoms with Crippen LogP contribution in [0.15, 0.2) is 29.2 Å². The van der Waals surface area contributed by atoms with Crippen molar-refractivity contribution in [2.45, 2.75) is 43.5 Å². The Hall–Kier alpha value is -1.03. The minimum absolute atomic E-state index is 0.0777. The molecule has 1 aliphatic rings. The van der Waals surface area contributed by atoms with E-state index in [-0.39, 0.29) is 11.7 Å². The van der Waals surface area contributed by atoms with Gasteiger partial charge >= 0.3 is 0 Å². The average Bonchev–Trinajstić information content (AvgIpc) is 2.41. The molecule has 0 unspecified atom stereocenters. The summed E-state index contributed by atoms with van der Waals surface area (Å²) in [5.74, 6) is 1.03. The van der Waals surface area contributed by atoms with Crippen LogP contribution >= 0.6 is 11.8 Å². The maximum Gasteiger partial charge on any atom is 0.230 e. The van der Waals surface area contributed by atoms with Crippen LogP contribution in [0.1, 0.15) is 32.6 Å². The summed E-state index contributed by atoms with van der Waals surface area (Å²) >= 11 is 1.45. The van der Waals surface area contributed by atoms with E-state index in [0.717, 1.165) is 23.7 Å². The molecule has 0 radical (unpaired) electrons. The van der Waals surface area contributed by atoms with E-state index >= 15 is 0 Å². The predicted molar refractivity (Wildman–Crippen MR) is 76.7 cm³/mol. The monoisotopic (exact) mass is 281 g/mol. The van der Waals surface area contributed by atoms with Crippen LogP contribution in [0.25, 0.3) is 0 Å². The number of thioether (sulfide) groups is 1. The summed E-state index contributed by atoms with van der Waals surface area (Å²) in [7, 11) is 0. The Morgan fingerprint density at radius 1 is 1.26 bits per heavy atom. The molecule has 0 heterocycles. The lowest BCUT2D eigenvalue weighted by Crippen LogP contribution is -2.38. The first-order valence-electron chi connectivity index (χ1n) is 6.81. The Morgan fingerprint density at radius 3 is 2.53 bits per heavy atom. The van der Waals surface area contributed by atoms with Crippen molar-refractivity contribution in [3.05, 3.63) is 30.1 Å². The average molecular weight is 281 g/mol. The van der Waals surface area contributed by atoms with E-state index in [4.69, 9.17) is 0 Å². The highest BCUT2D eigenvalue weighted by Crippen LogP contribution is 2.24. The Bertz CT molecular complexity index is 413. The summed E-state index contributed by atoms with van der Waals surface area (Å²) in [5, 5.41) is 3.09. The number of carbonyl (C=O) groups is 1. The van der Waals surface area contributed by atoms with Gasteiger partial charge in [-0.25, -0.2) is 4.39 Å². The van der Waals surface area contributed by atoms with Gasteiger partial charge < -0.3 is 5.32 Å². The molecule has 0 spiro atoms. The van der Waals surface area contributed by atoms with Gasteiger partial charge in [0.1, 0.15) is 5.82 Å². The van der Waals surface area contributed by atoms with Crippen molar-refractivity contribution in [1.29, 1.82) is 0 Å². The molecule has 0 atom stereocenters. The predicted octanol–water partition coefficient (Wildman–Crippen LogP) is 3.61. The fourth-order valence-corrected chi connectivity index (χ4v) is 3.06. The van der Waals surface area contributed by atoms with Crippen molar-refractivity contribution in [1.82, 2.24) is 5.32 Å². The van der Waals surface area contributed by atoms with Crippen LogP contribution < -0.4 is 5.32 Å². The van der Waals surface area contributed by atoms with Crippen LogP contribution in [0, 0.1) is 11.7 Å². The fraction of sp³-hybridized carbons (Fsp3) is 0.533. The Kier molecular flexibility index (Phi) is 5.25. The third-order valence-electron chi connectivity index (χ3n) is 3.56. The summed E-state index contributed by atoms with van der Waals surface area (Å²) in [5.41, 5.74) is 0. The standard InChI is InChI=1S/C15H20FNOS/c1-11-2-6-13(7-3-11)17-15(18)10-19-14-8-4-12(16)5-9-14/h4-5,8-9,11,13H,2-3,6-7,10H2,1H3,(H,17,18). The van der Waals surface area contributed by atoms with Crippen LogP contribution in [-0.4, -0.2) is 17.7 Å². The molecule has 0 aliphatic heterocycles. The molecule has 0 saturated heterocycles. The van der Waals surface area contributed by atoms with E-state index < -0.39 is 0 Å². The molecule has 1 saturated carbocycles. The molecule has 1 aromatic rings. The van der Waals surface area contributed by atoms with Crippen molar-refractivity contribution < 1.29 is 9.18 Å². The number of rotatable bonds is 4. The lowest BCUT2D eigenvalue weighted by Gasteiger charge is -2.26. The van der Waals surface area contributed by atoms with E-state index in [2.05, 4.69) is 12.2 Å². The highest BCUT2D eigenvalue weighted by atomic mass is 32.2. The molecule has 1 N–H and O–H groups in total. The summed E-state index contributed by atoms with van der Waals surface area (Å²) in [4.78, 5) is 12.8. The van der Waals surface area contributed by atoms with Gasteiger partial charge in [-0.05, 0) is 55.9 Å². The van der Waals surface area contributed by atoms with E-state index in [1.54, 1.807) is 12.1 Å². The zero-order chi connectivity index (χ0) is 13.7. The molecule has 1 aromatic carbocycles. The van der Waals surface area contributed by atoms with Crippen LogP contribution in [0.4, 0.5) is 4.39 Å². The number of hydrogen-bond donors (Lipinski definition) is 1. The Balaban J connectivity index is 1.71. The number of amides is 1. The third kappa shape index (κ3) is 4.86. The highest BCUT2D eigenvalue weighted by Gasteiger charge is 2.19. The van der Waals surface area contributed by atoms with Crippen molar-refractivity contribution in [3.8, 4) is 0 Å². The first-order valence-corrected chi connectivity index (χ1v) is 7.80. The first kappa shape index (κ1) is 14.4. The molecule has 1 aliphatic carbocycles. The largest absolute Gasteiger partial charge is 0.353 e. The van der Waals surface area contributed by atoms with Crippen molar-refractivity contribution in [3.63, 3.8) is 0 Å². The lowest BCUT2D eigenvalue weighted by atomic mass is 9.87. The molecular formula is C15H20FNOS. The molecular weight excluding hydrogens is 261 g/mol. The second kappa shape index (κ2) is 6.94. The first-order chi connectivity index (χ1) is 9.13. The molecule has 0 bridgehead atoms. The van der Waals surface area contributed by atoms with Gasteiger partial charge in [0.15, 0.2) is 0 Å². The van der Waals surface area contributed by atoms with Gasteiger partial charge in [-0.2, -0.15) is 0 Å². The maximum atomic E-state index is 12.7. The zero-order valence-corrected chi connectivity index (χ0v) is 12.0. The lowest BCUT2D eigenvalue weighted by molar-refractivity contribution is -0.119. The molecule has 104 valence electrons. The fourth-order valence-electron chi connectivity index (χ4n) is 2.35. The summed E-state index contributed by atoms with van der Waals surface area (Å²) in [6.07, 6.45) is 4.59. The third-order valence-corrected chi connectivity index (χ3v) is 4.58. The van der Waals surface area contributed by atoms with E-state index in [9.17, 15) is 9.18 Å². The molecule has 4 heteroatoms. The SMILES string of the molecule is CC1CCC(NC(=O)CSc2ccc(F)cc2)CC1. The number of nitrogens with one attached hydrogen (secondary N) is 1. The molecule has 2 nitrogen and oxygen atoms in total. The van der Waals surface area contributed by atoms with Crippen LogP contribution in [0.5, 0.6) is 0 Å². The van der Waals surface area contributed by atoms with Crippen molar-refractivity contribution in [2.24, 2.45) is 5.92 Å². The summed E-state index contributed by atoms with van der Waals surface area (Å²) < 4.78 is 12.7. The number of halogens is 1. The molecule has 0 aromatic heterocycles.